The van der Waals surface area contributed by atoms with Crippen LogP contribution in [0.2, 0.25) is 0 Å². The second-order valence-electron chi connectivity index (χ2n) is 2.40. The maximum atomic E-state index is 12.6. The van der Waals surface area contributed by atoms with Gasteiger partial charge in [-0.25, -0.2) is 4.39 Å². The summed E-state index contributed by atoms with van der Waals surface area (Å²) in [5.74, 6) is -1.63. The van der Waals surface area contributed by atoms with Crippen molar-refractivity contribution >= 4 is 0 Å². The van der Waals surface area contributed by atoms with Crippen molar-refractivity contribution in [1.29, 1.82) is 0 Å². The zero-order chi connectivity index (χ0) is 10.8. The van der Waals surface area contributed by atoms with Crippen LogP contribution in [0, 0.1) is 12.4 Å². The van der Waals surface area contributed by atoms with Gasteiger partial charge in [0.25, 0.3) is 0 Å². The molecule has 0 aliphatic heterocycles. The van der Waals surface area contributed by atoms with Crippen LogP contribution in [0.5, 0.6) is 5.75 Å². The van der Waals surface area contributed by atoms with Crippen molar-refractivity contribution in [3.05, 3.63) is 36.2 Å². The van der Waals surface area contributed by atoms with E-state index in [-0.39, 0.29) is 5.56 Å². The maximum Gasteiger partial charge on any atom is 0.573 e. The molecule has 0 aliphatic carbocycles. The van der Waals surface area contributed by atoms with Crippen LogP contribution >= 0.6 is 0 Å². The minimum atomic E-state index is -4.87. The first-order chi connectivity index (χ1) is 6.40. The summed E-state index contributed by atoms with van der Waals surface area (Å²) < 4.78 is 51.1. The zero-order valence-electron chi connectivity index (χ0n) is 6.68. The van der Waals surface area contributed by atoms with E-state index in [0.29, 0.717) is 12.7 Å². The van der Waals surface area contributed by atoms with Gasteiger partial charge in [0.05, 0.1) is 0 Å². The van der Waals surface area contributed by atoms with E-state index in [1.807, 2.05) is 0 Å². The third kappa shape index (κ3) is 3.21. The highest BCUT2D eigenvalue weighted by Crippen LogP contribution is 2.24. The van der Waals surface area contributed by atoms with Crippen LogP contribution in [0.25, 0.3) is 0 Å². The van der Waals surface area contributed by atoms with Crippen LogP contribution in [0.1, 0.15) is 5.56 Å². The normalized spacial score (nSPS) is 11.5. The topological polar surface area (TPSA) is 29.5 Å². The van der Waals surface area contributed by atoms with Crippen molar-refractivity contribution in [1.82, 2.24) is 0 Å². The molecule has 2 nitrogen and oxygen atoms in total. The van der Waals surface area contributed by atoms with Crippen molar-refractivity contribution < 1.29 is 27.4 Å². The summed E-state index contributed by atoms with van der Waals surface area (Å²) in [5, 5.41) is 8.46. The molecule has 1 radical (unpaired) electrons. The van der Waals surface area contributed by atoms with E-state index in [2.05, 4.69) is 4.74 Å². The summed E-state index contributed by atoms with van der Waals surface area (Å²) in [7, 11) is 0. The van der Waals surface area contributed by atoms with E-state index in [1.165, 1.54) is 0 Å². The van der Waals surface area contributed by atoms with Crippen LogP contribution < -0.4 is 4.74 Å². The van der Waals surface area contributed by atoms with E-state index in [1.54, 1.807) is 0 Å². The van der Waals surface area contributed by atoms with Gasteiger partial charge in [0, 0.05) is 6.07 Å². The van der Waals surface area contributed by atoms with Crippen molar-refractivity contribution in [2.45, 2.75) is 6.36 Å². The molecular weight excluding hydrogens is 204 g/mol. The van der Waals surface area contributed by atoms with Gasteiger partial charge in [-0.05, 0) is 17.7 Å². The maximum absolute atomic E-state index is 12.6. The highest BCUT2D eigenvalue weighted by molar-refractivity contribution is 5.32. The number of halogens is 4. The number of hydrogen-bond acceptors (Lipinski definition) is 2. The SMILES string of the molecule is O[CH]c1cc(F)cc(OC(F)(F)F)c1. The fraction of sp³-hybridized carbons (Fsp3) is 0.125. The van der Waals surface area contributed by atoms with Crippen LogP contribution in [-0.4, -0.2) is 11.5 Å². The Bertz CT molecular complexity index is 322. The molecule has 6 heteroatoms. The molecule has 0 spiro atoms. The lowest BCUT2D eigenvalue weighted by Gasteiger charge is -2.09. The van der Waals surface area contributed by atoms with Crippen molar-refractivity contribution in [2.24, 2.45) is 0 Å². The standard InChI is InChI=1S/C8H5F4O2/c9-6-1-5(4-13)2-7(3-6)14-8(10,11)12/h1-4,13H. The first-order valence-electron chi connectivity index (χ1n) is 3.44. The summed E-state index contributed by atoms with van der Waals surface area (Å²) in [5.41, 5.74) is -0.107. The minimum Gasteiger partial charge on any atom is -0.406 e. The Morgan fingerprint density at radius 2 is 1.86 bits per heavy atom. The monoisotopic (exact) mass is 209 g/mol. The molecule has 0 saturated carbocycles. The molecule has 1 aromatic rings. The fourth-order valence-corrected chi connectivity index (χ4v) is 0.851. The Kier molecular flexibility index (Phi) is 2.95. The molecule has 77 valence electrons. The Labute approximate surface area is 76.7 Å². The molecule has 0 amide bonds. The van der Waals surface area contributed by atoms with E-state index >= 15 is 0 Å². The molecule has 0 unspecified atom stereocenters. The zero-order valence-corrected chi connectivity index (χ0v) is 6.68. The van der Waals surface area contributed by atoms with Crippen molar-refractivity contribution in [3.63, 3.8) is 0 Å². The van der Waals surface area contributed by atoms with Gasteiger partial charge in [0.15, 0.2) is 0 Å². The predicted octanol–water partition coefficient (Wildman–Crippen LogP) is 2.61. The number of alkyl halides is 3. The first-order valence-corrected chi connectivity index (χ1v) is 3.44. The molecule has 0 atom stereocenters. The molecule has 0 saturated heterocycles. The van der Waals surface area contributed by atoms with Gasteiger partial charge in [0.1, 0.15) is 18.2 Å². The summed E-state index contributed by atoms with van der Waals surface area (Å²) in [6.45, 7) is 0.478. The van der Waals surface area contributed by atoms with Crippen molar-refractivity contribution in [3.8, 4) is 5.75 Å². The van der Waals surface area contributed by atoms with E-state index in [9.17, 15) is 17.6 Å². The molecular formula is C8H5F4O2. The third-order valence-corrected chi connectivity index (χ3v) is 1.28. The smallest absolute Gasteiger partial charge is 0.406 e. The Balaban J connectivity index is 2.92. The predicted molar refractivity (Wildman–Crippen MR) is 38.4 cm³/mol. The highest BCUT2D eigenvalue weighted by atomic mass is 19.4. The number of ether oxygens (including phenoxy) is 1. The lowest BCUT2D eigenvalue weighted by atomic mass is 10.2. The molecule has 1 rings (SSSR count). The largest absolute Gasteiger partial charge is 0.573 e. The lowest BCUT2D eigenvalue weighted by Crippen LogP contribution is -2.17. The van der Waals surface area contributed by atoms with E-state index < -0.39 is 17.9 Å². The third-order valence-electron chi connectivity index (χ3n) is 1.28. The summed E-state index contributed by atoms with van der Waals surface area (Å²) >= 11 is 0. The molecule has 0 bridgehead atoms. The minimum absolute atomic E-state index is 0.107. The number of benzene rings is 1. The van der Waals surface area contributed by atoms with E-state index in [0.717, 1.165) is 12.1 Å². The number of rotatable bonds is 2. The van der Waals surface area contributed by atoms with Gasteiger partial charge in [-0.1, -0.05) is 0 Å². The Morgan fingerprint density at radius 1 is 1.21 bits per heavy atom. The number of aliphatic hydroxyl groups is 1. The van der Waals surface area contributed by atoms with Gasteiger partial charge in [-0.3, -0.25) is 0 Å². The van der Waals surface area contributed by atoms with Crippen LogP contribution in [-0.2, 0) is 0 Å². The van der Waals surface area contributed by atoms with Gasteiger partial charge >= 0.3 is 6.36 Å². The Morgan fingerprint density at radius 3 is 2.36 bits per heavy atom. The summed E-state index contributed by atoms with van der Waals surface area (Å²) in [4.78, 5) is 0. The Hall–Kier alpha value is -1.30. The highest BCUT2D eigenvalue weighted by Gasteiger charge is 2.31. The molecule has 1 N–H and O–H groups in total. The molecule has 1 aromatic carbocycles. The van der Waals surface area contributed by atoms with Crippen LogP contribution in [0.15, 0.2) is 18.2 Å². The van der Waals surface area contributed by atoms with E-state index in [4.69, 9.17) is 5.11 Å². The average Bonchev–Trinajstić information content (AvgIpc) is 1.99. The lowest BCUT2D eigenvalue weighted by molar-refractivity contribution is -0.274. The van der Waals surface area contributed by atoms with Crippen LogP contribution in [0.3, 0.4) is 0 Å². The summed E-state index contributed by atoms with van der Waals surface area (Å²) in [6, 6.07) is 2.29. The molecule has 14 heavy (non-hydrogen) atoms. The first kappa shape index (κ1) is 10.8. The van der Waals surface area contributed by atoms with Gasteiger partial charge in [-0.2, -0.15) is 0 Å². The molecule has 0 aromatic heterocycles. The number of hydrogen-bond donors (Lipinski definition) is 1. The van der Waals surface area contributed by atoms with Crippen molar-refractivity contribution in [2.75, 3.05) is 0 Å². The molecule has 0 fully saturated rings. The molecule has 0 heterocycles. The molecule has 0 aliphatic rings. The average molecular weight is 209 g/mol. The quantitative estimate of drug-likeness (QED) is 0.758. The van der Waals surface area contributed by atoms with Gasteiger partial charge < -0.3 is 9.84 Å². The second-order valence-corrected chi connectivity index (χ2v) is 2.40. The fourth-order valence-electron chi connectivity index (χ4n) is 0.851. The van der Waals surface area contributed by atoms with Crippen LogP contribution in [0.4, 0.5) is 17.6 Å². The second kappa shape index (κ2) is 3.83. The summed E-state index contributed by atoms with van der Waals surface area (Å²) in [6.07, 6.45) is -4.87. The number of aliphatic hydroxyl groups excluding tert-OH is 1. The van der Waals surface area contributed by atoms with Gasteiger partial charge in [0.2, 0.25) is 0 Å². The van der Waals surface area contributed by atoms with Gasteiger partial charge in [-0.15, -0.1) is 13.2 Å².